The van der Waals surface area contributed by atoms with E-state index >= 15 is 0 Å². The molecule has 0 saturated carbocycles. The van der Waals surface area contributed by atoms with Crippen LogP contribution in [0.2, 0.25) is 0 Å². The molecule has 1 heterocycles. The van der Waals surface area contributed by atoms with Crippen LogP contribution in [-0.2, 0) is 9.84 Å². The Morgan fingerprint density at radius 3 is 2.65 bits per heavy atom. The van der Waals surface area contributed by atoms with Gasteiger partial charge in [-0.25, -0.2) is 8.42 Å². The first-order chi connectivity index (χ1) is 8.05. The van der Waals surface area contributed by atoms with Crippen molar-refractivity contribution in [2.45, 2.75) is 16.0 Å². The Hall–Kier alpha value is -1.47. The van der Waals surface area contributed by atoms with Crippen molar-refractivity contribution >= 4 is 21.4 Å². The van der Waals surface area contributed by atoms with Crippen molar-refractivity contribution in [3.05, 3.63) is 30.0 Å². The molecule has 1 aromatic heterocycles. The van der Waals surface area contributed by atoms with Crippen LogP contribution in [0.25, 0.3) is 0 Å². The number of ether oxygens (including phenoxy) is 1. The first-order valence-electron chi connectivity index (χ1n) is 4.73. The van der Waals surface area contributed by atoms with Gasteiger partial charge in [0, 0.05) is 11.5 Å². The molecule has 0 atom stereocenters. The second kappa shape index (κ2) is 4.42. The van der Waals surface area contributed by atoms with Crippen molar-refractivity contribution in [1.82, 2.24) is 9.59 Å². The molecule has 0 amide bonds. The summed E-state index contributed by atoms with van der Waals surface area (Å²) in [6.45, 7) is 1.79. The first kappa shape index (κ1) is 12.0. The Balaban J connectivity index is 2.52. The fraction of sp³-hybridized carbons (Fsp3) is 0.200. The Kier molecular flexibility index (Phi) is 3.12. The van der Waals surface area contributed by atoms with Gasteiger partial charge in [0.2, 0.25) is 9.84 Å². The van der Waals surface area contributed by atoms with E-state index in [1.54, 1.807) is 26.2 Å². The summed E-state index contributed by atoms with van der Waals surface area (Å²) in [4.78, 5) is 0.224. The molecular formula is C10H10N2O3S2. The quantitative estimate of drug-likeness (QED) is 0.849. The van der Waals surface area contributed by atoms with Gasteiger partial charge < -0.3 is 4.74 Å². The van der Waals surface area contributed by atoms with Gasteiger partial charge in [0.25, 0.3) is 0 Å². The molecule has 0 saturated heterocycles. The zero-order chi connectivity index (χ0) is 12.5. The molecule has 17 heavy (non-hydrogen) atoms. The second-order valence-corrected chi connectivity index (χ2v) is 6.33. The molecule has 5 nitrogen and oxygen atoms in total. The zero-order valence-corrected chi connectivity index (χ0v) is 10.9. The van der Waals surface area contributed by atoms with Crippen LogP contribution in [0.3, 0.4) is 0 Å². The van der Waals surface area contributed by atoms with Crippen LogP contribution in [-0.4, -0.2) is 25.1 Å². The van der Waals surface area contributed by atoms with Gasteiger partial charge in [-0.3, -0.25) is 0 Å². The normalized spacial score (nSPS) is 11.4. The average molecular weight is 270 g/mol. The SMILES string of the molecule is COc1ccc(S(=O)(=O)c2cnns2)cc1C. The lowest BCUT2D eigenvalue weighted by Crippen LogP contribution is -2.00. The molecule has 90 valence electrons. The molecule has 0 N–H and O–H groups in total. The largest absolute Gasteiger partial charge is 0.496 e. The van der Waals surface area contributed by atoms with Crippen LogP contribution in [0.4, 0.5) is 0 Å². The third-order valence-electron chi connectivity index (χ3n) is 2.28. The Labute approximate surface area is 103 Å². The maximum Gasteiger partial charge on any atom is 0.219 e. The number of sulfone groups is 1. The molecule has 0 spiro atoms. The van der Waals surface area contributed by atoms with Crippen LogP contribution in [0.15, 0.2) is 33.5 Å². The van der Waals surface area contributed by atoms with E-state index in [9.17, 15) is 8.42 Å². The van der Waals surface area contributed by atoms with E-state index in [0.717, 1.165) is 17.1 Å². The molecule has 0 bridgehead atoms. The molecule has 1 aromatic carbocycles. The maximum absolute atomic E-state index is 12.1. The van der Waals surface area contributed by atoms with Gasteiger partial charge >= 0.3 is 0 Å². The Morgan fingerprint density at radius 2 is 2.12 bits per heavy atom. The molecular weight excluding hydrogens is 260 g/mol. The standard InChI is InChI=1S/C10H10N2O3S2/c1-7-5-8(3-4-9(7)15-2)17(13,14)10-6-11-12-16-10/h3-6H,1-2H3. The van der Waals surface area contributed by atoms with E-state index in [2.05, 4.69) is 9.59 Å². The van der Waals surface area contributed by atoms with E-state index in [-0.39, 0.29) is 9.10 Å². The summed E-state index contributed by atoms with van der Waals surface area (Å²) in [6.07, 6.45) is 1.25. The lowest BCUT2D eigenvalue weighted by Gasteiger charge is -2.06. The van der Waals surface area contributed by atoms with Crippen LogP contribution < -0.4 is 4.74 Å². The third kappa shape index (κ3) is 2.16. The van der Waals surface area contributed by atoms with Gasteiger partial charge in [0.15, 0.2) is 4.21 Å². The molecule has 0 fully saturated rings. The zero-order valence-electron chi connectivity index (χ0n) is 9.25. The van der Waals surface area contributed by atoms with Crippen molar-refractivity contribution in [3.8, 4) is 5.75 Å². The highest BCUT2D eigenvalue weighted by molar-refractivity contribution is 7.93. The number of nitrogens with zero attached hydrogens (tertiary/aromatic N) is 2. The van der Waals surface area contributed by atoms with E-state index in [1.807, 2.05) is 0 Å². The van der Waals surface area contributed by atoms with Crippen molar-refractivity contribution in [2.75, 3.05) is 7.11 Å². The summed E-state index contributed by atoms with van der Waals surface area (Å²) in [5.74, 6) is 0.659. The number of rotatable bonds is 3. The summed E-state index contributed by atoms with van der Waals surface area (Å²) in [5, 5.41) is 3.53. The number of aryl methyl sites for hydroxylation is 1. The van der Waals surface area contributed by atoms with Gasteiger partial charge in [-0.1, -0.05) is 4.49 Å². The van der Waals surface area contributed by atoms with Crippen molar-refractivity contribution in [1.29, 1.82) is 0 Å². The summed E-state index contributed by atoms with van der Waals surface area (Å²) in [6, 6.07) is 4.73. The first-order valence-corrected chi connectivity index (χ1v) is 6.98. The van der Waals surface area contributed by atoms with Gasteiger partial charge in [0.1, 0.15) is 5.75 Å². The van der Waals surface area contributed by atoms with Gasteiger partial charge in [0.05, 0.1) is 18.2 Å². The highest BCUT2D eigenvalue weighted by atomic mass is 32.2. The monoisotopic (exact) mass is 270 g/mol. The minimum atomic E-state index is -3.51. The highest BCUT2D eigenvalue weighted by Gasteiger charge is 2.20. The third-order valence-corrected chi connectivity index (χ3v) is 5.14. The van der Waals surface area contributed by atoms with Crippen molar-refractivity contribution in [2.24, 2.45) is 0 Å². The summed E-state index contributed by atoms with van der Waals surface area (Å²) >= 11 is 0.860. The predicted molar refractivity (Wildman–Crippen MR) is 63.1 cm³/mol. The number of benzene rings is 1. The molecule has 7 heteroatoms. The second-order valence-electron chi connectivity index (χ2n) is 3.37. The van der Waals surface area contributed by atoms with Crippen LogP contribution >= 0.6 is 11.5 Å². The lowest BCUT2D eigenvalue weighted by molar-refractivity contribution is 0.411. The topological polar surface area (TPSA) is 69.2 Å². The molecule has 2 aromatic rings. The smallest absolute Gasteiger partial charge is 0.219 e. The molecule has 0 unspecified atom stereocenters. The van der Waals surface area contributed by atoms with Crippen LogP contribution in [0, 0.1) is 6.92 Å². The number of aromatic nitrogens is 2. The predicted octanol–water partition coefficient (Wildman–Crippen LogP) is 1.69. The molecule has 0 aliphatic rings. The highest BCUT2D eigenvalue weighted by Crippen LogP contribution is 2.26. The molecule has 0 aliphatic carbocycles. The number of hydrogen-bond acceptors (Lipinski definition) is 6. The fourth-order valence-electron chi connectivity index (χ4n) is 1.41. The fourth-order valence-corrected chi connectivity index (χ4v) is 3.46. The lowest BCUT2D eigenvalue weighted by atomic mass is 10.2. The summed E-state index contributed by atoms with van der Waals surface area (Å²) < 4.78 is 33.1. The molecule has 2 rings (SSSR count). The van der Waals surface area contributed by atoms with Gasteiger partial charge in [-0.2, -0.15) is 0 Å². The van der Waals surface area contributed by atoms with E-state index in [4.69, 9.17) is 4.74 Å². The van der Waals surface area contributed by atoms with Crippen molar-refractivity contribution < 1.29 is 13.2 Å². The van der Waals surface area contributed by atoms with Crippen molar-refractivity contribution in [3.63, 3.8) is 0 Å². The van der Waals surface area contributed by atoms with Crippen LogP contribution in [0.1, 0.15) is 5.56 Å². The van der Waals surface area contributed by atoms with E-state index in [1.165, 1.54) is 12.3 Å². The Bertz CT molecular complexity index is 621. The minimum absolute atomic E-state index is 0.141. The van der Waals surface area contributed by atoms with Gasteiger partial charge in [-0.15, -0.1) is 5.10 Å². The minimum Gasteiger partial charge on any atom is -0.496 e. The molecule has 0 radical (unpaired) electrons. The number of hydrogen-bond donors (Lipinski definition) is 0. The summed E-state index contributed by atoms with van der Waals surface area (Å²) in [7, 11) is -1.96. The summed E-state index contributed by atoms with van der Waals surface area (Å²) in [5.41, 5.74) is 0.769. The van der Waals surface area contributed by atoms with E-state index in [0.29, 0.717) is 5.75 Å². The Morgan fingerprint density at radius 1 is 1.35 bits per heavy atom. The van der Waals surface area contributed by atoms with Crippen LogP contribution in [0.5, 0.6) is 5.75 Å². The number of methoxy groups -OCH3 is 1. The maximum atomic E-state index is 12.1. The molecule has 0 aliphatic heterocycles. The van der Waals surface area contributed by atoms with Gasteiger partial charge in [-0.05, 0) is 30.7 Å². The average Bonchev–Trinajstić information content (AvgIpc) is 2.83. The van der Waals surface area contributed by atoms with E-state index < -0.39 is 9.84 Å².